The van der Waals surface area contributed by atoms with Crippen LogP contribution in [0.15, 0.2) is 28.0 Å². The number of aromatic nitrogens is 3. The van der Waals surface area contributed by atoms with Gasteiger partial charge in [0.15, 0.2) is 16.7 Å². The Hall–Kier alpha value is -2.49. The summed E-state index contributed by atoms with van der Waals surface area (Å²) in [5.74, 6) is 2.02. The zero-order chi connectivity index (χ0) is 20.8. The highest BCUT2D eigenvalue weighted by atomic mass is 32.2. The minimum atomic E-state index is -0.318. The van der Waals surface area contributed by atoms with Crippen molar-refractivity contribution in [2.24, 2.45) is 5.92 Å². The summed E-state index contributed by atoms with van der Waals surface area (Å²) in [6, 6.07) is 3.67. The lowest BCUT2D eigenvalue weighted by Crippen LogP contribution is -2.51. The number of furan rings is 1. The Labute approximate surface area is 174 Å². The molecular weight excluding hydrogens is 394 g/mol. The number of carbonyl (C=O) groups is 2. The molecular formula is C19H27N5O4S. The van der Waals surface area contributed by atoms with E-state index in [2.05, 4.69) is 24.0 Å². The number of hydrogen-bond donors (Lipinski definition) is 0. The molecule has 0 aliphatic carbocycles. The lowest BCUT2D eigenvalue weighted by molar-refractivity contribution is -0.129. The van der Waals surface area contributed by atoms with Gasteiger partial charge in [0.2, 0.25) is 5.91 Å². The molecule has 29 heavy (non-hydrogen) atoms. The molecule has 0 atom stereocenters. The van der Waals surface area contributed by atoms with Gasteiger partial charge in [-0.3, -0.25) is 9.36 Å². The lowest BCUT2D eigenvalue weighted by atomic mass is 10.2. The molecule has 3 heterocycles. The Morgan fingerprint density at radius 1 is 1.21 bits per heavy atom. The molecule has 0 saturated carbocycles. The van der Waals surface area contributed by atoms with Gasteiger partial charge >= 0.3 is 6.09 Å². The Kier molecular flexibility index (Phi) is 7.18. The van der Waals surface area contributed by atoms with Gasteiger partial charge < -0.3 is 19.0 Å². The van der Waals surface area contributed by atoms with Gasteiger partial charge in [-0.15, -0.1) is 10.2 Å². The zero-order valence-electron chi connectivity index (χ0n) is 17.0. The fraction of sp³-hybridized carbons (Fsp3) is 0.579. The second kappa shape index (κ2) is 9.82. The predicted octanol–water partition coefficient (Wildman–Crippen LogP) is 2.59. The van der Waals surface area contributed by atoms with Gasteiger partial charge in [0.1, 0.15) is 0 Å². The number of carbonyl (C=O) groups excluding carboxylic acids is 2. The van der Waals surface area contributed by atoms with Crippen LogP contribution in [0.4, 0.5) is 4.79 Å². The van der Waals surface area contributed by atoms with Crippen molar-refractivity contribution in [3.63, 3.8) is 0 Å². The fourth-order valence-corrected chi connectivity index (χ4v) is 3.93. The number of nitrogens with zero attached hydrogens (tertiary/aromatic N) is 5. The first kappa shape index (κ1) is 21.2. The predicted molar refractivity (Wildman–Crippen MR) is 108 cm³/mol. The number of piperazine rings is 1. The van der Waals surface area contributed by atoms with Crippen LogP contribution < -0.4 is 0 Å². The Morgan fingerprint density at radius 3 is 2.55 bits per heavy atom. The minimum Gasteiger partial charge on any atom is -0.461 e. The number of rotatable bonds is 7. The van der Waals surface area contributed by atoms with E-state index in [1.807, 2.05) is 16.7 Å². The summed E-state index contributed by atoms with van der Waals surface area (Å²) < 4.78 is 12.5. The van der Waals surface area contributed by atoms with Crippen molar-refractivity contribution in [2.45, 2.75) is 32.5 Å². The molecule has 2 amide bonds. The van der Waals surface area contributed by atoms with E-state index in [9.17, 15) is 9.59 Å². The van der Waals surface area contributed by atoms with Crippen molar-refractivity contribution >= 4 is 23.8 Å². The SMILES string of the molecule is CCOC(=O)N1CCN(C(=O)CSc2nnc(-c3ccco3)n2CC(C)C)CC1. The standard InChI is InChI=1S/C19H27N5O4S/c1-4-27-19(26)23-9-7-22(8-10-23)16(25)13-29-18-21-20-17(15-6-5-11-28-15)24(18)12-14(2)3/h5-6,11,14H,4,7-10,12-13H2,1-3H3. The molecule has 1 aliphatic rings. The van der Waals surface area contributed by atoms with Crippen molar-refractivity contribution in [3.8, 4) is 11.6 Å². The van der Waals surface area contributed by atoms with E-state index in [4.69, 9.17) is 9.15 Å². The Bertz CT molecular complexity index is 813. The molecule has 0 N–H and O–H groups in total. The van der Waals surface area contributed by atoms with Crippen LogP contribution in [0.3, 0.4) is 0 Å². The molecule has 0 bridgehead atoms. The first-order valence-corrected chi connectivity index (χ1v) is 10.8. The molecule has 10 heteroatoms. The largest absolute Gasteiger partial charge is 0.461 e. The molecule has 2 aromatic rings. The number of thioether (sulfide) groups is 1. The maximum Gasteiger partial charge on any atom is 0.409 e. The summed E-state index contributed by atoms with van der Waals surface area (Å²) in [5, 5.41) is 9.24. The molecule has 3 rings (SSSR count). The van der Waals surface area contributed by atoms with Crippen molar-refractivity contribution in [3.05, 3.63) is 18.4 Å². The van der Waals surface area contributed by atoms with Crippen molar-refractivity contribution in [1.29, 1.82) is 0 Å². The molecule has 0 unspecified atom stereocenters. The van der Waals surface area contributed by atoms with Crippen LogP contribution in [0.2, 0.25) is 0 Å². The lowest BCUT2D eigenvalue weighted by Gasteiger charge is -2.34. The number of amides is 2. The van der Waals surface area contributed by atoms with Gasteiger partial charge in [0.05, 0.1) is 18.6 Å². The average molecular weight is 422 g/mol. The molecule has 158 valence electrons. The van der Waals surface area contributed by atoms with Crippen LogP contribution in [-0.4, -0.2) is 75.1 Å². The smallest absolute Gasteiger partial charge is 0.409 e. The summed E-state index contributed by atoms with van der Waals surface area (Å²) in [7, 11) is 0. The van der Waals surface area contributed by atoms with E-state index in [0.717, 1.165) is 6.54 Å². The van der Waals surface area contributed by atoms with E-state index in [1.165, 1.54) is 11.8 Å². The van der Waals surface area contributed by atoms with Gasteiger partial charge in [0, 0.05) is 32.7 Å². The van der Waals surface area contributed by atoms with Crippen LogP contribution >= 0.6 is 11.8 Å². The first-order chi connectivity index (χ1) is 14.0. The third-order valence-corrected chi connectivity index (χ3v) is 5.44. The molecule has 9 nitrogen and oxygen atoms in total. The number of hydrogen-bond acceptors (Lipinski definition) is 7. The maximum absolute atomic E-state index is 12.6. The van der Waals surface area contributed by atoms with E-state index in [1.54, 1.807) is 23.0 Å². The monoisotopic (exact) mass is 421 g/mol. The molecule has 2 aromatic heterocycles. The van der Waals surface area contributed by atoms with Crippen molar-refractivity contribution < 1.29 is 18.7 Å². The number of ether oxygens (including phenoxy) is 1. The van der Waals surface area contributed by atoms with Crippen LogP contribution in [0, 0.1) is 5.92 Å². The highest BCUT2D eigenvalue weighted by Crippen LogP contribution is 2.25. The fourth-order valence-electron chi connectivity index (χ4n) is 3.08. The summed E-state index contributed by atoms with van der Waals surface area (Å²) in [4.78, 5) is 27.8. The van der Waals surface area contributed by atoms with Crippen LogP contribution in [0.25, 0.3) is 11.6 Å². The second-order valence-electron chi connectivity index (χ2n) is 7.14. The molecule has 1 aliphatic heterocycles. The van der Waals surface area contributed by atoms with E-state index < -0.39 is 0 Å². The highest BCUT2D eigenvalue weighted by Gasteiger charge is 2.25. The highest BCUT2D eigenvalue weighted by molar-refractivity contribution is 7.99. The molecule has 0 spiro atoms. The zero-order valence-corrected chi connectivity index (χ0v) is 17.9. The van der Waals surface area contributed by atoms with Crippen LogP contribution in [0.1, 0.15) is 20.8 Å². The van der Waals surface area contributed by atoms with Gasteiger partial charge in [-0.2, -0.15) is 0 Å². The average Bonchev–Trinajstić information content (AvgIpc) is 3.36. The maximum atomic E-state index is 12.6. The second-order valence-corrected chi connectivity index (χ2v) is 8.09. The molecule has 0 aromatic carbocycles. The van der Waals surface area contributed by atoms with Gasteiger partial charge in [-0.1, -0.05) is 25.6 Å². The summed E-state index contributed by atoms with van der Waals surface area (Å²) in [5.41, 5.74) is 0. The van der Waals surface area contributed by atoms with Gasteiger partial charge in [-0.25, -0.2) is 4.79 Å². The topological polar surface area (TPSA) is 93.7 Å². The van der Waals surface area contributed by atoms with Gasteiger partial charge in [0.25, 0.3) is 0 Å². The molecule has 1 fully saturated rings. The van der Waals surface area contributed by atoms with Crippen molar-refractivity contribution in [2.75, 3.05) is 38.5 Å². The molecule has 1 saturated heterocycles. The minimum absolute atomic E-state index is 0.0251. The molecule has 0 radical (unpaired) electrons. The summed E-state index contributed by atoms with van der Waals surface area (Å²) in [6.45, 7) is 9.10. The van der Waals surface area contributed by atoms with Crippen LogP contribution in [-0.2, 0) is 16.1 Å². The Morgan fingerprint density at radius 2 is 1.93 bits per heavy atom. The first-order valence-electron chi connectivity index (χ1n) is 9.79. The van der Waals surface area contributed by atoms with Gasteiger partial charge in [-0.05, 0) is 25.0 Å². The summed E-state index contributed by atoms with van der Waals surface area (Å²) in [6.07, 6.45) is 1.29. The van der Waals surface area contributed by atoms with E-state index in [0.29, 0.717) is 55.4 Å². The summed E-state index contributed by atoms with van der Waals surface area (Å²) >= 11 is 1.38. The third-order valence-electron chi connectivity index (χ3n) is 4.49. The third kappa shape index (κ3) is 5.31. The van der Waals surface area contributed by atoms with Crippen molar-refractivity contribution in [1.82, 2.24) is 24.6 Å². The normalized spacial score (nSPS) is 14.5. The quantitative estimate of drug-likeness (QED) is 0.634. The van der Waals surface area contributed by atoms with E-state index in [-0.39, 0.29) is 17.8 Å². The van der Waals surface area contributed by atoms with Crippen LogP contribution in [0.5, 0.6) is 0 Å². The van der Waals surface area contributed by atoms with E-state index >= 15 is 0 Å². The Balaban J connectivity index is 1.59.